The fraction of sp³-hybridized carbons (Fsp3) is 0.600. The minimum Gasteiger partial charge on any atom is -0.481 e. The van der Waals surface area contributed by atoms with Crippen LogP contribution in [0.25, 0.3) is 0 Å². The molecule has 0 aromatic heterocycles. The Morgan fingerprint density at radius 1 is 1.88 bits per heavy atom. The lowest BCUT2D eigenvalue weighted by molar-refractivity contribution is -0.133. The fourth-order valence-electron chi connectivity index (χ4n) is 0.300. The zero-order valence-electron chi connectivity index (χ0n) is 4.76. The van der Waals surface area contributed by atoms with E-state index in [1.807, 2.05) is 0 Å². The number of aliphatic carboxylic acids is 1. The molecule has 0 unspecified atom stereocenters. The molecule has 0 aliphatic heterocycles. The number of hydrogen-bond acceptors (Lipinski definition) is 2. The second-order valence-electron chi connectivity index (χ2n) is 1.32. The minimum atomic E-state index is -0.887. The first-order valence-corrected chi connectivity index (χ1v) is 2.32. The molecular formula is C5H9O3. The first kappa shape index (κ1) is 7.43. The monoisotopic (exact) mass is 117 g/mol. The molecule has 1 radical (unpaired) electrons. The molecule has 0 heterocycles. The van der Waals surface area contributed by atoms with Crippen LogP contribution in [-0.4, -0.2) is 24.8 Å². The summed E-state index contributed by atoms with van der Waals surface area (Å²) in [4.78, 5) is 9.76. The van der Waals surface area contributed by atoms with E-state index in [2.05, 4.69) is 4.74 Å². The van der Waals surface area contributed by atoms with Gasteiger partial charge >= 0.3 is 5.97 Å². The van der Waals surface area contributed by atoms with Crippen LogP contribution in [0.2, 0.25) is 0 Å². The van der Waals surface area contributed by atoms with Gasteiger partial charge in [-0.25, -0.2) is 0 Å². The van der Waals surface area contributed by atoms with Crippen molar-refractivity contribution in [3.63, 3.8) is 0 Å². The van der Waals surface area contributed by atoms with Crippen molar-refractivity contribution in [2.45, 2.75) is 6.42 Å². The lowest BCUT2D eigenvalue weighted by Crippen LogP contribution is -1.98. The van der Waals surface area contributed by atoms with Gasteiger partial charge in [0.15, 0.2) is 0 Å². The molecule has 8 heavy (non-hydrogen) atoms. The quantitative estimate of drug-likeness (QED) is 0.539. The number of rotatable bonds is 4. The van der Waals surface area contributed by atoms with Gasteiger partial charge in [-0.1, -0.05) is 0 Å². The summed E-state index contributed by atoms with van der Waals surface area (Å²) in [5.74, 6) is -0.887. The van der Waals surface area contributed by atoms with Gasteiger partial charge in [0, 0.05) is 13.7 Å². The van der Waals surface area contributed by atoms with Gasteiger partial charge < -0.3 is 9.84 Å². The second kappa shape index (κ2) is 4.59. The van der Waals surface area contributed by atoms with Crippen LogP contribution in [0, 0.1) is 6.42 Å². The molecule has 0 aromatic rings. The zero-order valence-corrected chi connectivity index (χ0v) is 4.76. The molecule has 0 rings (SSSR count). The van der Waals surface area contributed by atoms with Crippen LogP contribution in [-0.2, 0) is 9.53 Å². The van der Waals surface area contributed by atoms with E-state index in [9.17, 15) is 4.79 Å². The number of hydrogen-bond donors (Lipinski definition) is 1. The minimum absolute atomic E-state index is 0.478. The van der Waals surface area contributed by atoms with Crippen LogP contribution in [0.15, 0.2) is 0 Å². The molecule has 0 bridgehead atoms. The number of carboxylic acid groups (broad SMARTS) is 1. The predicted octanol–water partition coefficient (Wildman–Crippen LogP) is 0.312. The van der Waals surface area contributed by atoms with Gasteiger partial charge in [0.1, 0.15) is 0 Å². The average Bonchev–Trinajstić information content (AvgIpc) is 1.66. The Hall–Kier alpha value is -0.570. The number of carboxylic acids is 1. The Kier molecular flexibility index (Phi) is 4.26. The lowest BCUT2D eigenvalue weighted by atomic mass is 10.3. The van der Waals surface area contributed by atoms with Gasteiger partial charge in [0.25, 0.3) is 0 Å². The van der Waals surface area contributed by atoms with Crippen molar-refractivity contribution in [3.05, 3.63) is 6.42 Å². The van der Waals surface area contributed by atoms with Crippen molar-refractivity contribution < 1.29 is 14.6 Å². The highest BCUT2D eigenvalue weighted by atomic mass is 16.5. The molecule has 0 aliphatic carbocycles. The van der Waals surface area contributed by atoms with Crippen molar-refractivity contribution in [2.24, 2.45) is 0 Å². The third-order valence-corrected chi connectivity index (χ3v) is 0.641. The van der Waals surface area contributed by atoms with E-state index < -0.39 is 5.97 Å². The summed E-state index contributed by atoms with van der Waals surface area (Å²) in [7, 11) is 1.54. The number of carbonyl (C=O) groups is 1. The molecule has 3 nitrogen and oxygen atoms in total. The average molecular weight is 117 g/mol. The standard InChI is InChI=1S/C5H9O3/c1-8-4-2-3-5(6)7/h3H,2,4H2,1H3,(H,6,7). The lowest BCUT2D eigenvalue weighted by Gasteiger charge is -1.91. The molecular weight excluding hydrogens is 108 g/mol. The molecule has 0 saturated heterocycles. The predicted molar refractivity (Wildman–Crippen MR) is 28.4 cm³/mol. The fourth-order valence-corrected chi connectivity index (χ4v) is 0.300. The van der Waals surface area contributed by atoms with E-state index in [0.717, 1.165) is 0 Å². The van der Waals surface area contributed by atoms with Crippen molar-refractivity contribution in [3.8, 4) is 0 Å². The van der Waals surface area contributed by atoms with E-state index in [1.165, 1.54) is 13.5 Å². The van der Waals surface area contributed by atoms with E-state index >= 15 is 0 Å². The second-order valence-corrected chi connectivity index (χ2v) is 1.32. The first-order valence-electron chi connectivity index (χ1n) is 2.32. The third kappa shape index (κ3) is 5.43. The maximum absolute atomic E-state index is 9.76. The van der Waals surface area contributed by atoms with Crippen LogP contribution in [0.5, 0.6) is 0 Å². The summed E-state index contributed by atoms with van der Waals surface area (Å²) < 4.78 is 4.60. The van der Waals surface area contributed by atoms with Gasteiger partial charge in [0.05, 0.1) is 6.42 Å². The van der Waals surface area contributed by atoms with Gasteiger partial charge in [-0.3, -0.25) is 4.79 Å². The summed E-state index contributed by atoms with van der Waals surface area (Å²) in [6.45, 7) is 0.478. The van der Waals surface area contributed by atoms with Gasteiger partial charge in [-0.05, 0) is 6.42 Å². The molecule has 0 amide bonds. The topological polar surface area (TPSA) is 46.5 Å². The van der Waals surface area contributed by atoms with Crippen LogP contribution in [0.1, 0.15) is 6.42 Å². The first-order chi connectivity index (χ1) is 3.77. The molecule has 0 aliphatic rings. The highest BCUT2D eigenvalue weighted by molar-refractivity contribution is 5.76. The zero-order chi connectivity index (χ0) is 6.41. The maximum Gasteiger partial charge on any atom is 0.307 e. The number of ether oxygens (including phenoxy) is 1. The SMILES string of the molecule is COCC[CH]C(=O)O. The van der Waals surface area contributed by atoms with Gasteiger partial charge in [-0.15, -0.1) is 0 Å². The smallest absolute Gasteiger partial charge is 0.307 e. The Labute approximate surface area is 48.3 Å². The Morgan fingerprint density at radius 3 is 2.88 bits per heavy atom. The Morgan fingerprint density at radius 2 is 2.50 bits per heavy atom. The Bertz CT molecular complexity index is 70.1. The molecule has 0 atom stereocenters. The summed E-state index contributed by atoms with van der Waals surface area (Å²) in [6.07, 6.45) is 1.65. The molecule has 0 spiro atoms. The summed E-state index contributed by atoms with van der Waals surface area (Å²) in [6, 6.07) is 0. The van der Waals surface area contributed by atoms with Crippen LogP contribution < -0.4 is 0 Å². The third-order valence-electron chi connectivity index (χ3n) is 0.641. The van der Waals surface area contributed by atoms with Crippen molar-refractivity contribution in [2.75, 3.05) is 13.7 Å². The van der Waals surface area contributed by atoms with Gasteiger partial charge in [0.2, 0.25) is 0 Å². The summed E-state index contributed by atoms with van der Waals surface area (Å²) >= 11 is 0. The van der Waals surface area contributed by atoms with Crippen molar-refractivity contribution >= 4 is 5.97 Å². The van der Waals surface area contributed by atoms with E-state index in [1.54, 1.807) is 0 Å². The van der Waals surface area contributed by atoms with Crippen LogP contribution >= 0.6 is 0 Å². The summed E-state index contributed by atoms with van der Waals surface area (Å²) in [5.41, 5.74) is 0. The molecule has 47 valence electrons. The molecule has 3 heteroatoms. The number of methoxy groups -OCH3 is 1. The van der Waals surface area contributed by atoms with E-state index in [0.29, 0.717) is 13.0 Å². The van der Waals surface area contributed by atoms with Crippen LogP contribution in [0.3, 0.4) is 0 Å². The molecule has 1 N–H and O–H groups in total. The van der Waals surface area contributed by atoms with E-state index in [-0.39, 0.29) is 0 Å². The van der Waals surface area contributed by atoms with Crippen molar-refractivity contribution in [1.29, 1.82) is 0 Å². The normalized spacial score (nSPS) is 9.12. The molecule has 0 fully saturated rings. The maximum atomic E-state index is 9.76. The highest BCUT2D eigenvalue weighted by Crippen LogP contribution is 1.85. The molecule has 0 saturated carbocycles. The van der Waals surface area contributed by atoms with Crippen molar-refractivity contribution in [1.82, 2.24) is 0 Å². The Balaban J connectivity index is 2.82. The van der Waals surface area contributed by atoms with Gasteiger partial charge in [-0.2, -0.15) is 0 Å². The van der Waals surface area contributed by atoms with Crippen LogP contribution in [0.4, 0.5) is 0 Å². The van der Waals surface area contributed by atoms with E-state index in [4.69, 9.17) is 5.11 Å². The highest BCUT2D eigenvalue weighted by Gasteiger charge is 1.93. The molecule has 0 aromatic carbocycles. The largest absolute Gasteiger partial charge is 0.481 e. The summed E-state index contributed by atoms with van der Waals surface area (Å²) in [5, 5.41) is 8.03.